The summed E-state index contributed by atoms with van der Waals surface area (Å²) in [6, 6.07) is 0. The van der Waals surface area contributed by atoms with E-state index in [1.165, 1.54) is 0 Å². The molecular formula is C6H9F5O. The van der Waals surface area contributed by atoms with E-state index < -0.39 is 24.1 Å². The third-order valence-electron chi connectivity index (χ3n) is 1.07. The average molecular weight is 192 g/mol. The van der Waals surface area contributed by atoms with E-state index in [0.29, 0.717) is 0 Å². The highest BCUT2D eigenvalue weighted by atomic mass is 19.4. The first-order valence-corrected chi connectivity index (χ1v) is 3.13. The predicted molar refractivity (Wildman–Crippen MR) is 31.9 cm³/mol. The van der Waals surface area contributed by atoms with Gasteiger partial charge >= 0.3 is 12.1 Å². The number of alkyl halides is 5. The van der Waals surface area contributed by atoms with Crippen LogP contribution in [0.3, 0.4) is 0 Å². The fourth-order valence-electron chi connectivity index (χ4n) is 0.644. The molecule has 0 spiro atoms. The maximum atomic E-state index is 12.1. The topological polar surface area (TPSA) is 20.2 Å². The van der Waals surface area contributed by atoms with Gasteiger partial charge < -0.3 is 5.11 Å². The van der Waals surface area contributed by atoms with E-state index >= 15 is 0 Å². The highest BCUT2D eigenvalue weighted by Crippen LogP contribution is 2.40. The minimum absolute atomic E-state index is 0.895. The van der Waals surface area contributed by atoms with Gasteiger partial charge in [0.05, 0.1) is 5.60 Å². The molecule has 0 heterocycles. The smallest absolute Gasteiger partial charge is 0.390 e. The highest BCUT2D eigenvalue weighted by Gasteiger charge is 2.58. The molecule has 74 valence electrons. The van der Waals surface area contributed by atoms with Gasteiger partial charge in [-0.3, -0.25) is 0 Å². The molecule has 6 heteroatoms. The summed E-state index contributed by atoms with van der Waals surface area (Å²) in [7, 11) is 0. The first kappa shape index (κ1) is 11.6. The van der Waals surface area contributed by atoms with Crippen molar-refractivity contribution in [3.8, 4) is 0 Å². The third kappa shape index (κ3) is 3.34. The van der Waals surface area contributed by atoms with Crippen LogP contribution in [0.2, 0.25) is 0 Å². The van der Waals surface area contributed by atoms with Crippen LogP contribution in [0.5, 0.6) is 0 Å². The molecule has 0 saturated heterocycles. The van der Waals surface area contributed by atoms with E-state index in [0.717, 1.165) is 13.8 Å². The number of hydrogen-bond donors (Lipinski definition) is 1. The molecule has 0 rings (SSSR count). The van der Waals surface area contributed by atoms with Crippen molar-refractivity contribution in [1.29, 1.82) is 0 Å². The van der Waals surface area contributed by atoms with E-state index in [9.17, 15) is 22.0 Å². The fraction of sp³-hybridized carbons (Fsp3) is 1.00. The number of aliphatic hydroxyl groups is 1. The second-order valence-corrected chi connectivity index (χ2v) is 3.19. The van der Waals surface area contributed by atoms with Crippen LogP contribution in [-0.4, -0.2) is 22.8 Å². The fourth-order valence-corrected chi connectivity index (χ4v) is 0.644. The lowest BCUT2D eigenvalue weighted by atomic mass is 10.0. The van der Waals surface area contributed by atoms with Crippen LogP contribution in [0.15, 0.2) is 0 Å². The zero-order valence-corrected chi connectivity index (χ0v) is 6.54. The van der Waals surface area contributed by atoms with E-state index in [1.54, 1.807) is 0 Å². The van der Waals surface area contributed by atoms with Gasteiger partial charge in [-0.1, -0.05) is 0 Å². The van der Waals surface area contributed by atoms with Gasteiger partial charge in [0.25, 0.3) is 0 Å². The normalized spacial score (nSPS) is 15.0. The van der Waals surface area contributed by atoms with Gasteiger partial charge in [0.2, 0.25) is 0 Å². The Balaban J connectivity index is 4.44. The largest absolute Gasteiger partial charge is 0.453 e. The Morgan fingerprint density at radius 3 is 1.42 bits per heavy atom. The van der Waals surface area contributed by atoms with Crippen molar-refractivity contribution >= 4 is 0 Å². The molecule has 0 aliphatic heterocycles. The van der Waals surface area contributed by atoms with Crippen LogP contribution in [0, 0.1) is 0 Å². The van der Waals surface area contributed by atoms with Gasteiger partial charge in [-0.15, -0.1) is 0 Å². The maximum absolute atomic E-state index is 12.1. The summed E-state index contributed by atoms with van der Waals surface area (Å²) >= 11 is 0. The van der Waals surface area contributed by atoms with Crippen molar-refractivity contribution in [2.45, 2.75) is 38.0 Å². The first-order chi connectivity index (χ1) is 4.96. The lowest BCUT2D eigenvalue weighted by Gasteiger charge is -2.26. The van der Waals surface area contributed by atoms with E-state index in [4.69, 9.17) is 5.11 Å². The zero-order valence-electron chi connectivity index (χ0n) is 6.54. The van der Waals surface area contributed by atoms with E-state index in [2.05, 4.69) is 0 Å². The summed E-state index contributed by atoms with van der Waals surface area (Å²) in [4.78, 5) is 0. The molecule has 0 radical (unpaired) electrons. The minimum atomic E-state index is -5.59. The molecule has 0 atom stereocenters. The van der Waals surface area contributed by atoms with Crippen molar-refractivity contribution in [2.75, 3.05) is 0 Å². The minimum Gasteiger partial charge on any atom is -0.390 e. The summed E-state index contributed by atoms with van der Waals surface area (Å²) in [6.07, 6.45) is -7.21. The zero-order chi connectivity index (χ0) is 10.2. The second kappa shape index (κ2) is 2.83. The molecule has 1 nitrogen and oxygen atoms in total. The second-order valence-electron chi connectivity index (χ2n) is 3.19. The number of halogens is 5. The van der Waals surface area contributed by atoms with Crippen molar-refractivity contribution < 1.29 is 27.1 Å². The SMILES string of the molecule is CC(C)(O)CC(F)(F)C(F)(F)F. The van der Waals surface area contributed by atoms with Gasteiger partial charge in [-0.2, -0.15) is 22.0 Å². The van der Waals surface area contributed by atoms with Gasteiger partial charge in [0.1, 0.15) is 0 Å². The summed E-state index contributed by atoms with van der Waals surface area (Å²) in [5, 5.41) is 8.74. The third-order valence-corrected chi connectivity index (χ3v) is 1.07. The summed E-state index contributed by atoms with van der Waals surface area (Å²) < 4.78 is 58.8. The van der Waals surface area contributed by atoms with Crippen molar-refractivity contribution in [2.24, 2.45) is 0 Å². The Hall–Kier alpha value is -0.390. The monoisotopic (exact) mass is 192 g/mol. The Morgan fingerprint density at radius 2 is 1.33 bits per heavy atom. The molecule has 0 aliphatic rings. The quantitative estimate of drug-likeness (QED) is 0.666. The molecule has 0 aromatic heterocycles. The van der Waals surface area contributed by atoms with Crippen molar-refractivity contribution in [3.63, 3.8) is 0 Å². The van der Waals surface area contributed by atoms with Crippen LogP contribution in [0.1, 0.15) is 20.3 Å². The summed E-state index contributed by atoms with van der Waals surface area (Å²) in [5.41, 5.74) is -2.03. The maximum Gasteiger partial charge on any atom is 0.453 e. The number of rotatable bonds is 2. The van der Waals surface area contributed by atoms with Crippen LogP contribution in [0.4, 0.5) is 22.0 Å². The summed E-state index contributed by atoms with van der Waals surface area (Å²) in [5.74, 6) is -4.83. The molecule has 0 aromatic rings. The molecule has 0 amide bonds. The van der Waals surface area contributed by atoms with Crippen LogP contribution in [0.25, 0.3) is 0 Å². The Morgan fingerprint density at radius 1 is 1.00 bits per heavy atom. The lowest BCUT2D eigenvalue weighted by molar-refractivity contribution is -0.295. The lowest BCUT2D eigenvalue weighted by Crippen LogP contribution is -2.42. The molecule has 0 unspecified atom stereocenters. The Bertz CT molecular complexity index is 154. The molecule has 12 heavy (non-hydrogen) atoms. The molecule has 0 aliphatic carbocycles. The number of hydrogen-bond acceptors (Lipinski definition) is 1. The predicted octanol–water partition coefficient (Wildman–Crippen LogP) is 2.34. The molecule has 1 N–H and O–H groups in total. The van der Waals surface area contributed by atoms with Gasteiger partial charge in [-0.25, -0.2) is 0 Å². The van der Waals surface area contributed by atoms with E-state index in [-0.39, 0.29) is 0 Å². The molecule has 0 fully saturated rings. The van der Waals surface area contributed by atoms with E-state index in [1.807, 2.05) is 0 Å². The van der Waals surface area contributed by atoms with Gasteiger partial charge in [0, 0.05) is 6.42 Å². The Labute approximate surface area is 66.2 Å². The van der Waals surface area contributed by atoms with Crippen LogP contribution < -0.4 is 0 Å². The first-order valence-electron chi connectivity index (χ1n) is 3.13. The highest BCUT2D eigenvalue weighted by molar-refractivity contribution is 4.83. The van der Waals surface area contributed by atoms with Crippen molar-refractivity contribution in [1.82, 2.24) is 0 Å². The Kier molecular flexibility index (Phi) is 2.74. The van der Waals surface area contributed by atoms with Gasteiger partial charge in [0.15, 0.2) is 0 Å². The van der Waals surface area contributed by atoms with Crippen LogP contribution >= 0.6 is 0 Å². The van der Waals surface area contributed by atoms with Crippen LogP contribution in [-0.2, 0) is 0 Å². The molecule has 0 bridgehead atoms. The standard InChI is InChI=1S/C6H9F5O/c1-4(2,12)3-5(7,8)6(9,10)11/h12H,3H2,1-2H3. The van der Waals surface area contributed by atoms with Crippen molar-refractivity contribution in [3.05, 3.63) is 0 Å². The average Bonchev–Trinajstić information content (AvgIpc) is 1.52. The summed E-state index contributed by atoms with van der Waals surface area (Å²) in [6.45, 7) is 1.79. The molecule has 0 saturated carbocycles. The van der Waals surface area contributed by atoms with Gasteiger partial charge in [-0.05, 0) is 13.8 Å². The molecule has 0 aromatic carbocycles. The molecular weight excluding hydrogens is 183 g/mol.